The Kier molecular flexibility index (Phi) is 8.31. The number of nitrogens with zero attached hydrogens (tertiary/aromatic N) is 3. The fourth-order valence-electron chi connectivity index (χ4n) is 4.22. The molecule has 2 aromatic carbocycles. The number of nitrogens with one attached hydrogen (secondary N) is 3. The molecule has 1 saturated heterocycles. The molecule has 41 heavy (non-hydrogen) atoms. The predicted molar refractivity (Wildman–Crippen MR) is 151 cm³/mol. The molecule has 4 aromatic rings. The maximum atomic E-state index is 13.7. The maximum Gasteiger partial charge on any atom is 0.223 e. The summed E-state index contributed by atoms with van der Waals surface area (Å²) in [5, 5.41) is 3.23. The molecule has 1 aliphatic rings. The monoisotopic (exact) mass is 582 g/mol. The number of benzene rings is 2. The third-order valence-electron chi connectivity index (χ3n) is 6.51. The van der Waals surface area contributed by atoms with Crippen molar-refractivity contribution >= 4 is 16.0 Å². The molecule has 3 N–H and O–H groups in total. The highest BCUT2D eigenvalue weighted by molar-refractivity contribution is 7.88. The van der Waals surface area contributed by atoms with Gasteiger partial charge in [-0.1, -0.05) is 19.1 Å². The maximum absolute atomic E-state index is 13.7. The SMILES string of the molecule is COc1ccc(CNc2nccc(-c3[nH]c(C4OCC(C)(CNS(C)(=O)=O)CO4)nc3-c3ccc(F)cc3)n2)cc1. The quantitative estimate of drug-likeness (QED) is 0.254. The first kappa shape index (κ1) is 28.6. The molecule has 216 valence electrons. The number of hydrogen-bond acceptors (Lipinski definition) is 9. The van der Waals surface area contributed by atoms with E-state index in [2.05, 4.69) is 25.0 Å². The number of hydrogen-bond donors (Lipinski definition) is 3. The summed E-state index contributed by atoms with van der Waals surface area (Å²) < 4.78 is 56.4. The number of rotatable bonds is 10. The van der Waals surface area contributed by atoms with Gasteiger partial charge in [-0.05, 0) is 48.0 Å². The topological polar surface area (TPSA) is 140 Å². The van der Waals surface area contributed by atoms with Crippen molar-refractivity contribution in [3.63, 3.8) is 0 Å². The van der Waals surface area contributed by atoms with Crippen LogP contribution in [-0.4, -0.2) is 61.5 Å². The van der Waals surface area contributed by atoms with E-state index in [-0.39, 0.29) is 25.6 Å². The van der Waals surface area contributed by atoms with Gasteiger partial charge in [0.05, 0.1) is 43.7 Å². The van der Waals surface area contributed by atoms with Crippen LogP contribution >= 0.6 is 0 Å². The number of aromatic amines is 1. The van der Waals surface area contributed by atoms with Crippen molar-refractivity contribution in [3.8, 4) is 28.4 Å². The lowest BCUT2D eigenvalue weighted by Gasteiger charge is -2.36. The van der Waals surface area contributed by atoms with E-state index >= 15 is 0 Å². The van der Waals surface area contributed by atoms with Crippen LogP contribution in [0.25, 0.3) is 22.6 Å². The van der Waals surface area contributed by atoms with Gasteiger partial charge in [0.2, 0.25) is 22.3 Å². The third kappa shape index (κ3) is 7.24. The van der Waals surface area contributed by atoms with Crippen molar-refractivity contribution in [2.45, 2.75) is 19.8 Å². The van der Waals surface area contributed by atoms with Crippen LogP contribution in [0.4, 0.5) is 10.3 Å². The number of imidazole rings is 1. The summed E-state index contributed by atoms with van der Waals surface area (Å²) in [6.07, 6.45) is 1.93. The number of sulfonamides is 1. The Labute approximate surface area is 237 Å². The zero-order valence-electron chi connectivity index (χ0n) is 22.8. The fourth-order valence-corrected chi connectivity index (χ4v) is 4.83. The minimum absolute atomic E-state index is 0.177. The van der Waals surface area contributed by atoms with Gasteiger partial charge in [-0.2, -0.15) is 0 Å². The Bertz CT molecular complexity index is 1590. The Morgan fingerprint density at radius 3 is 2.44 bits per heavy atom. The van der Waals surface area contributed by atoms with Crippen LogP contribution in [0.5, 0.6) is 5.75 Å². The highest BCUT2D eigenvalue weighted by Gasteiger charge is 2.35. The number of aromatic nitrogens is 4. The average Bonchev–Trinajstić information content (AvgIpc) is 3.41. The smallest absolute Gasteiger partial charge is 0.223 e. The molecule has 0 unspecified atom stereocenters. The first-order chi connectivity index (χ1) is 19.6. The van der Waals surface area contributed by atoms with Crippen LogP contribution in [0.2, 0.25) is 0 Å². The first-order valence-corrected chi connectivity index (χ1v) is 14.7. The van der Waals surface area contributed by atoms with Gasteiger partial charge in [0, 0.05) is 30.3 Å². The van der Waals surface area contributed by atoms with Crippen molar-refractivity contribution in [1.82, 2.24) is 24.7 Å². The molecule has 0 aliphatic carbocycles. The van der Waals surface area contributed by atoms with E-state index in [9.17, 15) is 12.8 Å². The van der Waals surface area contributed by atoms with E-state index in [0.29, 0.717) is 41.0 Å². The van der Waals surface area contributed by atoms with E-state index in [0.717, 1.165) is 17.6 Å². The fraction of sp³-hybridized carbons (Fsp3) is 0.321. The lowest BCUT2D eigenvalue weighted by molar-refractivity contribution is -0.231. The minimum atomic E-state index is -3.35. The van der Waals surface area contributed by atoms with E-state index in [1.54, 1.807) is 31.5 Å². The van der Waals surface area contributed by atoms with Crippen LogP contribution in [0, 0.1) is 11.2 Å². The Morgan fingerprint density at radius 1 is 1.07 bits per heavy atom. The van der Waals surface area contributed by atoms with Crippen LogP contribution in [-0.2, 0) is 26.0 Å². The van der Waals surface area contributed by atoms with E-state index < -0.39 is 21.7 Å². The molecule has 0 amide bonds. The van der Waals surface area contributed by atoms with Crippen molar-refractivity contribution in [3.05, 3.63) is 78.0 Å². The molecule has 1 aliphatic heterocycles. The Balaban J connectivity index is 1.38. The molecule has 0 saturated carbocycles. The summed E-state index contributed by atoms with van der Waals surface area (Å²) in [6, 6.07) is 15.4. The molecular weight excluding hydrogens is 551 g/mol. The van der Waals surface area contributed by atoms with Crippen molar-refractivity contribution in [2.24, 2.45) is 5.41 Å². The normalized spacial score (nSPS) is 19.2. The van der Waals surface area contributed by atoms with Crippen molar-refractivity contribution in [2.75, 3.05) is 38.4 Å². The average molecular weight is 583 g/mol. The summed E-state index contributed by atoms with van der Waals surface area (Å²) >= 11 is 0. The van der Waals surface area contributed by atoms with Gasteiger partial charge >= 0.3 is 0 Å². The molecular formula is C28H31FN6O5S. The molecule has 0 spiro atoms. The number of anilines is 1. The van der Waals surface area contributed by atoms with Crippen LogP contribution in [0.15, 0.2) is 60.8 Å². The van der Waals surface area contributed by atoms with Crippen LogP contribution in [0.1, 0.15) is 24.6 Å². The molecule has 5 rings (SSSR count). The molecule has 13 heteroatoms. The standard InChI is InChI=1S/C28H31FN6O5S/c1-28(15-32-41(3,36)37)16-39-26(40-17-28)25-34-23(19-6-8-20(29)9-7-19)24(35-25)22-12-13-30-27(33-22)31-14-18-4-10-21(38-2)11-5-18/h4-13,26,32H,14-17H2,1-3H3,(H,34,35)(H,30,31,33). The van der Waals surface area contributed by atoms with Crippen molar-refractivity contribution in [1.29, 1.82) is 0 Å². The third-order valence-corrected chi connectivity index (χ3v) is 7.18. The number of H-pyrrole nitrogens is 1. The second-order valence-electron chi connectivity index (χ2n) is 10.2. The highest BCUT2D eigenvalue weighted by Crippen LogP contribution is 2.35. The van der Waals surface area contributed by atoms with E-state index in [1.165, 1.54) is 12.1 Å². The van der Waals surface area contributed by atoms with Gasteiger partial charge < -0.3 is 24.5 Å². The number of methoxy groups -OCH3 is 1. The van der Waals surface area contributed by atoms with Gasteiger partial charge in [0.15, 0.2) is 5.82 Å². The molecule has 2 aromatic heterocycles. The van der Waals surface area contributed by atoms with E-state index in [4.69, 9.17) is 19.2 Å². The second kappa shape index (κ2) is 11.9. The zero-order chi connectivity index (χ0) is 29.0. The van der Waals surface area contributed by atoms with Crippen molar-refractivity contribution < 1.29 is 27.0 Å². The lowest BCUT2D eigenvalue weighted by atomic mass is 9.92. The summed E-state index contributed by atoms with van der Waals surface area (Å²) in [4.78, 5) is 17.1. The molecule has 0 radical (unpaired) electrons. The summed E-state index contributed by atoms with van der Waals surface area (Å²) in [5.74, 6) is 1.23. The van der Waals surface area contributed by atoms with Gasteiger partial charge in [0.1, 0.15) is 11.6 Å². The number of halogens is 1. The molecule has 3 heterocycles. The van der Waals surface area contributed by atoms with Gasteiger partial charge in [-0.25, -0.2) is 32.5 Å². The number of ether oxygens (including phenoxy) is 3. The molecule has 0 atom stereocenters. The predicted octanol–water partition coefficient (Wildman–Crippen LogP) is 3.89. The minimum Gasteiger partial charge on any atom is -0.497 e. The largest absolute Gasteiger partial charge is 0.497 e. The van der Waals surface area contributed by atoms with E-state index in [1.807, 2.05) is 31.2 Å². The van der Waals surface area contributed by atoms with Crippen LogP contribution < -0.4 is 14.8 Å². The Morgan fingerprint density at radius 2 is 1.78 bits per heavy atom. The Hall–Kier alpha value is -3.91. The summed E-state index contributed by atoms with van der Waals surface area (Å²) in [5.41, 5.74) is 2.84. The molecule has 11 nitrogen and oxygen atoms in total. The van der Waals surface area contributed by atoms with Gasteiger partial charge in [-0.15, -0.1) is 0 Å². The summed E-state index contributed by atoms with van der Waals surface area (Å²) in [7, 11) is -1.73. The molecule has 0 bridgehead atoms. The van der Waals surface area contributed by atoms with Gasteiger partial charge in [0.25, 0.3) is 0 Å². The lowest BCUT2D eigenvalue weighted by Crippen LogP contribution is -2.45. The first-order valence-electron chi connectivity index (χ1n) is 12.8. The molecule has 1 fully saturated rings. The zero-order valence-corrected chi connectivity index (χ0v) is 23.7. The second-order valence-corrected chi connectivity index (χ2v) is 12.0. The summed E-state index contributed by atoms with van der Waals surface area (Å²) in [6.45, 7) is 3.05. The van der Waals surface area contributed by atoms with Gasteiger partial charge in [-0.3, -0.25) is 0 Å². The highest BCUT2D eigenvalue weighted by atomic mass is 32.2. The van der Waals surface area contributed by atoms with Crippen LogP contribution in [0.3, 0.4) is 0 Å².